The molecule has 2 rings (SSSR count). The number of hydrogen-bond acceptors (Lipinski definition) is 5. The van der Waals surface area contributed by atoms with Gasteiger partial charge in [0.15, 0.2) is 12.0 Å². The van der Waals surface area contributed by atoms with Gasteiger partial charge in [-0.1, -0.05) is 20.8 Å². The highest BCUT2D eigenvalue weighted by Crippen LogP contribution is 2.41. The summed E-state index contributed by atoms with van der Waals surface area (Å²) < 4.78 is 1.83. The molecule has 0 radical (unpaired) electrons. The zero-order valence-electron chi connectivity index (χ0n) is 9.14. The number of hydrogen-bond donors (Lipinski definition) is 1. The van der Waals surface area contributed by atoms with Crippen LogP contribution in [0.25, 0.3) is 0 Å². The van der Waals surface area contributed by atoms with Crippen molar-refractivity contribution < 1.29 is 0 Å². The summed E-state index contributed by atoms with van der Waals surface area (Å²) in [6, 6.07) is 0. The van der Waals surface area contributed by atoms with Gasteiger partial charge in [-0.05, 0) is 11.7 Å². The summed E-state index contributed by atoms with van der Waals surface area (Å²) >= 11 is 1.64. The molecule has 15 heavy (non-hydrogen) atoms. The van der Waals surface area contributed by atoms with Crippen LogP contribution in [0.5, 0.6) is 0 Å². The summed E-state index contributed by atoms with van der Waals surface area (Å²) in [6.45, 7) is 6.28. The number of fused-ring (bicyclic) bond motifs is 1. The molecule has 2 heterocycles. The summed E-state index contributed by atoms with van der Waals surface area (Å²) in [5.74, 6) is 2.06. The van der Waals surface area contributed by atoms with Crippen molar-refractivity contribution in [2.24, 2.45) is 16.1 Å². The minimum atomic E-state index is 0.00788. The van der Waals surface area contributed by atoms with E-state index in [2.05, 4.69) is 36.1 Å². The van der Waals surface area contributed by atoms with Crippen LogP contribution in [0.15, 0.2) is 15.3 Å². The van der Waals surface area contributed by atoms with E-state index >= 15 is 0 Å². The summed E-state index contributed by atoms with van der Waals surface area (Å²) in [5.41, 5.74) is 6.61. The van der Waals surface area contributed by atoms with E-state index in [1.807, 2.05) is 4.68 Å². The molecule has 0 spiro atoms. The topological polar surface area (TPSA) is 68.6 Å². The maximum Gasteiger partial charge on any atom is 0.199 e. The fourth-order valence-corrected chi connectivity index (χ4v) is 2.19. The van der Waals surface area contributed by atoms with E-state index in [9.17, 15) is 0 Å². The van der Waals surface area contributed by atoms with Crippen LogP contribution in [0, 0.1) is 5.92 Å². The van der Waals surface area contributed by atoms with Crippen LogP contribution >= 0.6 is 11.8 Å². The Bertz CT molecular complexity index is 395. The first-order chi connectivity index (χ1) is 7.15. The molecule has 0 saturated carbocycles. The van der Waals surface area contributed by atoms with E-state index in [0.717, 1.165) is 10.8 Å². The van der Waals surface area contributed by atoms with E-state index in [0.29, 0.717) is 17.4 Å². The molecule has 0 fully saturated rings. The Kier molecular flexibility index (Phi) is 2.68. The van der Waals surface area contributed by atoms with E-state index in [4.69, 9.17) is 5.73 Å². The summed E-state index contributed by atoms with van der Waals surface area (Å²) in [5, 5.41) is 13.6. The average molecular weight is 225 g/mol. The average Bonchev–Trinajstić information content (AvgIpc) is 2.69. The van der Waals surface area contributed by atoms with Crippen LogP contribution in [0.3, 0.4) is 0 Å². The minimum absolute atomic E-state index is 0.00788. The molecule has 1 aromatic heterocycles. The maximum atomic E-state index is 5.95. The number of aromatic nitrogens is 2. The summed E-state index contributed by atoms with van der Waals surface area (Å²) in [4.78, 5) is 0. The Hall–Kier alpha value is -1.04. The molecule has 0 aromatic carbocycles. The number of thioether (sulfide) groups is 1. The molecule has 5 nitrogen and oxygen atoms in total. The zero-order valence-corrected chi connectivity index (χ0v) is 9.95. The molecule has 82 valence electrons. The van der Waals surface area contributed by atoms with Crippen LogP contribution in [0.1, 0.15) is 26.9 Å². The van der Waals surface area contributed by atoms with Crippen molar-refractivity contribution in [1.29, 1.82) is 0 Å². The maximum absolute atomic E-state index is 5.95. The van der Waals surface area contributed by atoms with Gasteiger partial charge >= 0.3 is 0 Å². The van der Waals surface area contributed by atoms with Gasteiger partial charge in [-0.25, -0.2) is 4.68 Å². The molecule has 2 N–H and O–H groups in total. The van der Waals surface area contributed by atoms with Gasteiger partial charge in [-0.15, -0.1) is 16.9 Å². The Morgan fingerprint density at radius 1 is 1.53 bits per heavy atom. The van der Waals surface area contributed by atoms with Crippen LogP contribution in [-0.2, 0) is 0 Å². The van der Waals surface area contributed by atoms with Gasteiger partial charge in [0.25, 0.3) is 0 Å². The van der Waals surface area contributed by atoms with E-state index in [1.54, 1.807) is 11.8 Å². The van der Waals surface area contributed by atoms with Crippen LogP contribution in [0.4, 0.5) is 11.5 Å². The van der Waals surface area contributed by atoms with Crippen molar-refractivity contribution in [3.8, 4) is 0 Å². The monoisotopic (exact) mass is 225 g/mol. The van der Waals surface area contributed by atoms with Crippen LogP contribution in [0.2, 0.25) is 0 Å². The lowest BCUT2D eigenvalue weighted by Gasteiger charge is -2.10. The molecule has 1 aliphatic rings. The standard InChI is InChI=1S/C9H15N5S/c1-4-15-9-6(10)8-12-11-7(5(2)3)14(8)13-9/h5,7H,4,10H2,1-3H3. The van der Waals surface area contributed by atoms with Gasteiger partial charge in [0, 0.05) is 0 Å². The second kappa shape index (κ2) is 3.84. The molecular formula is C9H15N5S. The molecule has 0 aliphatic carbocycles. The Morgan fingerprint density at radius 3 is 2.87 bits per heavy atom. The molecule has 0 bridgehead atoms. The molecular weight excluding hydrogens is 210 g/mol. The molecule has 1 aliphatic heterocycles. The van der Waals surface area contributed by atoms with Crippen molar-refractivity contribution >= 4 is 23.3 Å². The fraction of sp³-hybridized carbons (Fsp3) is 0.667. The molecule has 0 amide bonds. The lowest BCUT2D eigenvalue weighted by atomic mass is 10.2. The van der Waals surface area contributed by atoms with Crippen molar-refractivity contribution in [2.75, 3.05) is 11.5 Å². The second-order valence-electron chi connectivity index (χ2n) is 3.79. The third kappa shape index (κ3) is 1.62. The molecule has 1 atom stereocenters. The van der Waals surface area contributed by atoms with E-state index in [-0.39, 0.29) is 6.17 Å². The highest BCUT2D eigenvalue weighted by Gasteiger charge is 2.28. The number of rotatable bonds is 3. The molecule has 0 saturated heterocycles. The number of azo groups is 1. The van der Waals surface area contributed by atoms with Crippen molar-refractivity contribution in [1.82, 2.24) is 9.78 Å². The quantitative estimate of drug-likeness (QED) is 0.804. The van der Waals surface area contributed by atoms with Gasteiger partial charge in [0.2, 0.25) is 0 Å². The Balaban J connectivity index is 2.38. The first-order valence-corrected chi connectivity index (χ1v) is 6.05. The highest BCUT2D eigenvalue weighted by atomic mass is 32.2. The van der Waals surface area contributed by atoms with Crippen molar-refractivity contribution in [3.63, 3.8) is 0 Å². The number of anilines is 1. The lowest BCUT2D eigenvalue weighted by Crippen LogP contribution is -2.10. The van der Waals surface area contributed by atoms with Crippen LogP contribution in [-0.4, -0.2) is 15.5 Å². The molecule has 1 aromatic rings. The van der Waals surface area contributed by atoms with Crippen molar-refractivity contribution in [3.05, 3.63) is 0 Å². The number of nitrogens with two attached hydrogens (primary N) is 1. The Labute approximate surface area is 93.1 Å². The lowest BCUT2D eigenvalue weighted by molar-refractivity contribution is 0.370. The predicted molar refractivity (Wildman–Crippen MR) is 61.4 cm³/mol. The SMILES string of the molecule is CCSc1nn2c(c1N)N=NC2C(C)C. The third-order valence-corrected chi connectivity index (χ3v) is 3.15. The minimum Gasteiger partial charge on any atom is -0.393 e. The summed E-state index contributed by atoms with van der Waals surface area (Å²) in [6.07, 6.45) is 0.00788. The van der Waals surface area contributed by atoms with Crippen molar-refractivity contribution in [2.45, 2.75) is 32.0 Å². The highest BCUT2D eigenvalue weighted by molar-refractivity contribution is 7.99. The smallest absolute Gasteiger partial charge is 0.199 e. The first-order valence-electron chi connectivity index (χ1n) is 5.06. The number of nitrogens with zero attached hydrogens (tertiary/aromatic N) is 4. The summed E-state index contributed by atoms with van der Waals surface area (Å²) in [7, 11) is 0. The zero-order chi connectivity index (χ0) is 11.0. The van der Waals surface area contributed by atoms with Gasteiger partial charge in [0.1, 0.15) is 10.7 Å². The van der Waals surface area contributed by atoms with Gasteiger partial charge in [-0.2, -0.15) is 10.2 Å². The largest absolute Gasteiger partial charge is 0.393 e. The predicted octanol–water partition coefficient (Wildman–Crippen LogP) is 2.83. The normalized spacial score (nSPS) is 18.8. The molecule has 6 heteroatoms. The first kappa shape index (κ1) is 10.5. The van der Waals surface area contributed by atoms with Gasteiger partial charge in [0.05, 0.1) is 0 Å². The van der Waals surface area contributed by atoms with E-state index < -0.39 is 0 Å². The third-order valence-electron chi connectivity index (χ3n) is 2.29. The Morgan fingerprint density at radius 2 is 2.27 bits per heavy atom. The van der Waals surface area contributed by atoms with Gasteiger partial charge in [-0.3, -0.25) is 0 Å². The van der Waals surface area contributed by atoms with Crippen LogP contribution < -0.4 is 5.73 Å². The molecule has 1 unspecified atom stereocenters. The fourth-order valence-electron chi connectivity index (χ4n) is 1.52. The van der Waals surface area contributed by atoms with Gasteiger partial charge < -0.3 is 5.73 Å². The second-order valence-corrected chi connectivity index (χ2v) is 5.05. The van der Waals surface area contributed by atoms with E-state index in [1.165, 1.54) is 0 Å². The number of nitrogen functional groups attached to an aromatic ring is 1.